The predicted octanol–water partition coefficient (Wildman–Crippen LogP) is 5.63. The number of aliphatic hydroxyl groups is 1. The van der Waals surface area contributed by atoms with Gasteiger partial charge in [0.05, 0.1) is 52.7 Å². The molecule has 1 saturated heterocycles. The summed E-state index contributed by atoms with van der Waals surface area (Å²) in [5, 5.41) is 12.3. The van der Waals surface area contributed by atoms with Crippen LogP contribution in [0.3, 0.4) is 0 Å². The van der Waals surface area contributed by atoms with Crippen molar-refractivity contribution in [1.29, 1.82) is 0 Å². The van der Waals surface area contributed by atoms with Crippen molar-refractivity contribution in [1.82, 2.24) is 14.0 Å². The standard InChI is InChI=1S/C39H39F5N6O3/c1-21-45-34-29(48(21)5)19-26(39(42,43)44)32-25-8-6-13-50-30(18-22(35(25)50)10-14-47(4)36(32)34)37(52)23-16-27(40)33(28(41)17-23)46-31(51)9-7-12-49-15-11-24(49)20-38(2,3)53/h6-9,13,16-19,24,53H,10-12,14-15,20H2,1-5H3,(H,46,51)/p+1/b9-7+. The maximum atomic E-state index is 15.4. The number of benzene rings is 2. The zero-order valence-corrected chi connectivity index (χ0v) is 30.0. The van der Waals surface area contributed by atoms with Gasteiger partial charge < -0.3 is 29.2 Å². The summed E-state index contributed by atoms with van der Waals surface area (Å²) in [5.41, 5.74) is -0.457. The number of imidazole rings is 1. The molecule has 2 aliphatic rings. The number of anilines is 2. The number of nitrogens with zero attached hydrogens (tertiary/aromatic N) is 4. The van der Waals surface area contributed by atoms with Crippen molar-refractivity contribution in [2.24, 2.45) is 7.05 Å². The highest BCUT2D eigenvalue weighted by Gasteiger charge is 2.39. The number of rotatable bonds is 8. The van der Waals surface area contributed by atoms with E-state index in [1.54, 1.807) is 68.7 Å². The summed E-state index contributed by atoms with van der Waals surface area (Å²) in [4.78, 5) is 34.1. The molecule has 0 aliphatic carbocycles. The molecule has 2 unspecified atom stereocenters. The highest BCUT2D eigenvalue weighted by atomic mass is 19.4. The normalized spacial score (nSPS) is 17.6. The number of aryl methyl sites for hydroxylation is 2. The van der Waals surface area contributed by atoms with E-state index in [4.69, 9.17) is 0 Å². The van der Waals surface area contributed by atoms with E-state index in [1.165, 1.54) is 21.4 Å². The van der Waals surface area contributed by atoms with Gasteiger partial charge in [-0.15, -0.1) is 0 Å². The molecule has 0 saturated carbocycles. The largest absolute Gasteiger partial charge is 0.417 e. The summed E-state index contributed by atoms with van der Waals surface area (Å²) in [6, 6.07) is 7.70. The highest BCUT2D eigenvalue weighted by molar-refractivity contribution is 6.11. The van der Waals surface area contributed by atoms with Crippen molar-refractivity contribution in [2.45, 2.75) is 57.9 Å². The first-order valence-corrected chi connectivity index (χ1v) is 17.4. The van der Waals surface area contributed by atoms with Gasteiger partial charge in [-0.25, -0.2) is 13.8 Å². The summed E-state index contributed by atoms with van der Waals surface area (Å²) in [5.74, 6) is -3.27. The number of ketones is 1. The van der Waals surface area contributed by atoms with E-state index in [2.05, 4.69) is 10.3 Å². The number of amides is 1. The Morgan fingerprint density at radius 3 is 2.47 bits per heavy atom. The van der Waals surface area contributed by atoms with E-state index in [0.29, 0.717) is 59.6 Å². The number of aromatic nitrogens is 3. The average Bonchev–Trinajstić information content (AvgIpc) is 3.59. The Kier molecular flexibility index (Phi) is 8.97. The third-order valence-corrected chi connectivity index (χ3v) is 10.5. The summed E-state index contributed by atoms with van der Waals surface area (Å²) in [6.07, 6.45) is 1.55. The Morgan fingerprint density at radius 1 is 1.11 bits per heavy atom. The fourth-order valence-corrected chi connectivity index (χ4v) is 7.72. The van der Waals surface area contributed by atoms with Crippen molar-refractivity contribution in [2.75, 3.05) is 36.9 Å². The first-order chi connectivity index (χ1) is 24.9. The molecule has 2 aromatic carbocycles. The number of likely N-dealkylation sites (N-methyl/N-ethyl adjacent to an activating group) is 1. The Hall–Kier alpha value is -5.08. The molecular weight excluding hydrogens is 695 g/mol. The Bertz CT molecular complexity index is 2310. The SMILES string of the molecule is Cc1nc2c3c(c(C(F)(F)F)cc2n1C)-c1cccn2c(C(=O)c4cc(F)c(NC(=O)/C=C/C[NH+]5CCC5CC(C)(C)O)c(F)c4)cc(c12)CCN3C. The fourth-order valence-electron chi connectivity index (χ4n) is 7.72. The quantitative estimate of drug-likeness (QED) is 0.109. The van der Waals surface area contributed by atoms with E-state index in [1.807, 2.05) is 0 Å². The molecule has 0 bridgehead atoms. The molecule has 3 N–H and O–H groups in total. The van der Waals surface area contributed by atoms with Gasteiger partial charge in [0.1, 0.15) is 28.7 Å². The minimum Gasteiger partial charge on any atom is -0.390 e. The first-order valence-electron chi connectivity index (χ1n) is 17.4. The lowest BCUT2D eigenvalue weighted by Gasteiger charge is -2.39. The average molecular weight is 736 g/mol. The van der Waals surface area contributed by atoms with Crippen LogP contribution in [0.4, 0.5) is 33.3 Å². The van der Waals surface area contributed by atoms with Crippen LogP contribution in [-0.4, -0.2) is 69.1 Å². The van der Waals surface area contributed by atoms with Gasteiger partial charge in [-0.2, -0.15) is 13.2 Å². The van der Waals surface area contributed by atoms with Crippen LogP contribution in [0, 0.1) is 18.6 Å². The molecule has 53 heavy (non-hydrogen) atoms. The Morgan fingerprint density at radius 2 is 1.83 bits per heavy atom. The number of carbonyl (C=O) groups excluding carboxylic acids is 2. The van der Waals surface area contributed by atoms with E-state index >= 15 is 8.78 Å². The fraction of sp³-hybridized carbons (Fsp3) is 0.359. The summed E-state index contributed by atoms with van der Waals surface area (Å²) < 4.78 is 78.4. The first kappa shape index (κ1) is 36.3. The van der Waals surface area contributed by atoms with Gasteiger partial charge in [0.15, 0.2) is 0 Å². The van der Waals surface area contributed by atoms with Gasteiger partial charge >= 0.3 is 6.18 Å². The van der Waals surface area contributed by atoms with Gasteiger partial charge in [-0.3, -0.25) is 9.59 Å². The molecular formula is C39H40F5N6O3+. The molecule has 1 fully saturated rings. The molecule has 0 spiro atoms. The van der Waals surface area contributed by atoms with E-state index in [-0.39, 0.29) is 28.4 Å². The minimum atomic E-state index is -4.73. The number of hydrogen-bond acceptors (Lipinski definition) is 5. The third kappa shape index (κ3) is 6.58. The predicted molar refractivity (Wildman–Crippen MR) is 191 cm³/mol. The summed E-state index contributed by atoms with van der Waals surface area (Å²) >= 11 is 0. The number of pyridine rings is 1. The number of likely N-dealkylation sites (tertiary alicyclic amines) is 1. The number of carbonyl (C=O) groups is 2. The Labute approximate surface area is 302 Å². The van der Waals surface area contributed by atoms with Gasteiger partial charge in [0, 0.05) is 62.4 Å². The lowest BCUT2D eigenvalue weighted by atomic mass is 9.91. The molecule has 2 aliphatic heterocycles. The number of alkyl halides is 3. The van der Waals surface area contributed by atoms with Crippen LogP contribution in [-0.2, 0) is 24.4 Å². The highest BCUT2D eigenvalue weighted by Crippen LogP contribution is 2.48. The zero-order chi connectivity index (χ0) is 38.1. The molecule has 5 heterocycles. The molecule has 3 aromatic heterocycles. The minimum absolute atomic E-state index is 0.0150. The van der Waals surface area contributed by atoms with Gasteiger partial charge in [-0.1, -0.05) is 6.07 Å². The van der Waals surface area contributed by atoms with Gasteiger partial charge in [0.25, 0.3) is 0 Å². The molecule has 14 heteroatoms. The Balaban J connectivity index is 1.21. The summed E-state index contributed by atoms with van der Waals surface area (Å²) in [6.45, 7) is 6.91. The van der Waals surface area contributed by atoms with Crippen molar-refractivity contribution in [3.05, 3.63) is 94.6 Å². The monoisotopic (exact) mass is 735 g/mol. The molecule has 5 aromatic rings. The lowest BCUT2D eigenvalue weighted by molar-refractivity contribution is -0.962. The maximum absolute atomic E-state index is 15.4. The lowest BCUT2D eigenvalue weighted by Crippen LogP contribution is -3.22. The van der Waals surface area contributed by atoms with Crippen molar-refractivity contribution < 1.29 is 41.5 Å². The molecule has 9 nitrogen and oxygen atoms in total. The van der Waals surface area contributed by atoms with Crippen molar-refractivity contribution >= 4 is 39.6 Å². The summed E-state index contributed by atoms with van der Waals surface area (Å²) in [7, 11) is 3.37. The van der Waals surface area contributed by atoms with Crippen LogP contribution >= 0.6 is 0 Å². The maximum Gasteiger partial charge on any atom is 0.417 e. The zero-order valence-electron chi connectivity index (χ0n) is 30.0. The molecule has 1 amide bonds. The van der Waals surface area contributed by atoms with Crippen LogP contribution in [0.1, 0.15) is 59.7 Å². The second kappa shape index (κ2) is 13.1. The third-order valence-electron chi connectivity index (χ3n) is 10.5. The topological polar surface area (TPSA) is 96.3 Å². The van der Waals surface area contributed by atoms with Crippen LogP contribution in [0.5, 0.6) is 0 Å². The van der Waals surface area contributed by atoms with Crippen molar-refractivity contribution in [3.8, 4) is 11.1 Å². The van der Waals surface area contributed by atoms with Crippen molar-refractivity contribution in [3.63, 3.8) is 0 Å². The number of halogens is 5. The smallest absolute Gasteiger partial charge is 0.390 e. The molecule has 2 atom stereocenters. The second-order valence-electron chi connectivity index (χ2n) is 14.7. The number of hydrogen-bond donors (Lipinski definition) is 3. The molecule has 7 rings (SSSR count). The number of fused-ring (bicyclic) bond motifs is 4. The second-order valence-corrected chi connectivity index (χ2v) is 14.7. The molecule has 0 radical (unpaired) electrons. The van der Waals surface area contributed by atoms with Gasteiger partial charge in [-0.05, 0) is 69.2 Å². The van der Waals surface area contributed by atoms with Crippen LogP contribution in [0.15, 0.2) is 54.7 Å². The van der Waals surface area contributed by atoms with Crippen LogP contribution in [0.2, 0.25) is 0 Å². The van der Waals surface area contributed by atoms with E-state index < -0.39 is 46.4 Å². The van der Waals surface area contributed by atoms with Crippen LogP contribution < -0.4 is 15.1 Å². The van der Waals surface area contributed by atoms with E-state index in [9.17, 15) is 27.9 Å². The van der Waals surface area contributed by atoms with Gasteiger partial charge in [0.2, 0.25) is 11.7 Å². The van der Waals surface area contributed by atoms with Crippen LogP contribution in [0.25, 0.3) is 27.7 Å². The number of nitrogens with one attached hydrogen (secondary N) is 2. The molecule has 278 valence electrons. The van der Waals surface area contributed by atoms with E-state index in [0.717, 1.165) is 31.2 Å². The number of quaternary nitrogens is 1.